The molecule has 0 bridgehead atoms. The zero-order chi connectivity index (χ0) is 18.1. The third kappa shape index (κ3) is 3.01. The molecule has 0 spiro atoms. The number of methoxy groups -OCH3 is 1. The van der Waals surface area contributed by atoms with Crippen molar-refractivity contribution in [2.75, 3.05) is 7.11 Å². The highest BCUT2D eigenvalue weighted by Gasteiger charge is 2.21. The standard InChI is InChI=1S/C15H11F2N3O5/c1-24-12-10(21)4-5-20(11(12)13(22)23)15-18-8-3-2-7(25-14(16)17)6-9(8)19-15/h2-6,14H,1H3,(H,18,19)(H,22,23). The first-order valence-electron chi connectivity index (χ1n) is 6.88. The molecule has 2 heterocycles. The monoisotopic (exact) mass is 351 g/mol. The van der Waals surface area contributed by atoms with Gasteiger partial charge in [-0.05, 0) is 12.1 Å². The topological polar surface area (TPSA) is 106 Å². The fourth-order valence-corrected chi connectivity index (χ4v) is 2.36. The van der Waals surface area contributed by atoms with Gasteiger partial charge in [0.05, 0.1) is 18.1 Å². The highest BCUT2D eigenvalue weighted by atomic mass is 19.3. The number of alkyl halides is 2. The minimum Gasteiger partial charge on any atom is -0.491 e. The van der Waals surface area contributed by atoms with E-state index in [0.29, 0.717) is 11.0 Å². The number of halogens is 2. The number of H-pyrrole nitrogens is 1. The molecule has 8 nitrogen and oxygen atoms in total. The number of pyridine rings is 1. The summed E-state index contributed by atoms with van der Waals surface area (Å²) in [4.78, 5) is 30.3. The van der Waals surface area contributed by atoms with Crippen LogP contribution in [0, 0.1) is 0 Å². The number of carboxylic acid groups (broad SMARTS) is 1. The average molecular weight is 351 g/mol. The molecular weight excluding hydrogens is 340 g/mol. The molecule has 0 aliphatic heterocycles. The Bertz CT molecular complexity index is 1010. The third-order valence-electron chi connectivity index (χ3n) is 3.36. The lowest BCUT2D eigenvalue weighted by atomic mass is 10.3. The Morgan fingerprint density at radius 3 is 2.76 bits per heavy atom. The van der Waals surface area contributed by atoms with E-state index in [0.717, 1.165) is 10.6 Å². The van der Waals surface area contributed by atoms with Crippen LogP contribution in [0.1, 0.15) is 10.5 Å². The first-order valence-corrected chi connectivity index (χ1v) is 6.88. The van der Waals surface area contributed by atoms with Crippen LogP contribution in [0.15, 0.2) is 35.3 Å². The Morgan fingerprint density at radius 1 is 1.36 bits per heavy atom. The molecule has 0 saturated carbocycles. The molecule has 0 amide bonds. The van der Waals surface area contributed by atoms with Gasteiger partial charge in [0.2, 0.25) is 11.4 Å². The van der Waals surface area contributed by atoms with E-state index < -0.39 is 23.7 Å². The van der Waals surface area contributed by atoms with Gasteiger partial charge in [-0.3, -0.25) is 9.36 Å². The van der Waals surface area contributed by atoms with Crippen molar-refractivity contribution in [3.63, 3.8) is 0 Å². The molecule has 25 heavy (non-hydrogen) atoms. The lowest BCUT2D eigenvalue weighted by Crippen LogP contribution is -2.19. The van der Waals surface area contributed by atoms with E-state index >= 15 is 0 Å². The summed E-state index contributed by atoms with van der Waals surface area (Å²) in [6, 6.07) is 5.18. The Labute approximate surface area is 138 Å². The fraction of sp³-hybridized carbons (Fsp3) is 0.133. The molecule has 0 saturated heterocycles. The number of fused-ring (bicyclic) bond motifs is 1. The normalized spacial score (nSPS) is 11.0. The van der Waals surface area contributed by atoms with Crippen molar-refractivity contribution in [2.24, 2.45) is 0 Å². The molecule has 3 aromatic rings. The van der Waals surface area contributed by atoms with Gasteiger partial charge in [-0.1, -0.05) is 0 Å². The molecule has 0 aliphatic rings. The van der Waals surface area contributed by atoms with Crippen molar-refractivity contribution in [1.29, 1.82) is 0 Å². The number of imidazole rings is 1. The van der Waals surface area contributed by atoms with E-state index in [1.165, 1.54) is 31.5 Å². The summed E-state index contributed by atoms with van der Waals surface area (Å²) >= 11 is 0. The Morgan fingerprint density at radius 2 is 2.12 bits per heavy atom. The van der Waals surface area contributed by atoms with Gasteiger partial charge in [0.25, 0.3) is 0 Å². The second-order valence-electron chi connectivity index (χ2n) is 4.85. The molecule has 2 aromatic heterocycles. The summed E-state index contributed by atoms with van der Waals surface area (Å²) in [5, 5.41) is 9.40. The highest BCUT2D eigenvalue weighted by molar-refractivity contribution is 5.89. The second-order valence-corrected chi connectivity index (χ2v) is 4.85. The average Bonchev–Trinajstić information content (AvgIpc) is 2.96. The molecule has 0 fully saturated rings. The van der Waals surface area contributed by atoms with Crippen molar-refractivity contribution in [1.82, 2.24) is 14.5 Å². The minimum absolute atomic E-state index is 0.0693. The van der Waals surface area contributed by atoms with E-state index in [-0.39, 0.29) is 17.4 Å². The largest absolute Gasteiger partial charge is 0.491 e. The van der Waals surface area contributed by atoms with Gasteiger partial charge < -0.3 is 19.6 Å². The number of hydrogen-bond acceptors (Lipinski definition) is 5. The Balaban J connectivity index is 2.16. The van der Waals surface area contributed by atoms with Crippen molar-refractivity contribution >= 4 is 17.0 Å². The minimum atomic E-state index is -2.97. The molecule has 130 valence electrons. The molecule has 0 radical (unpaired) electrons. The van der Waals surface area contributed by atoms with Crippen molar-refractivity contribution in [2.45, 2.75) is 6.61 Å². The molecule has 0 unspecified atom stereocenters. The van der Waals surface area contributed by atoms with Crippen LogP contribution < -0.4 is 14.9 Å². The number of rotatable bonds is 5. The van der Waals surface area contributed by atoms with Crippen LogP contribution in [0.2, 0.25) is 0 Å². The smallest absolute Gasteiger partial charge is 0.387 e. The number of carboxylic acids is 1. The number of nitrogens with one attached hydrogen (secondary N) is 1. The predicted molar refractivity (Wildman–Crippen MR) is 81.8 cm³/mol. The second kappa shape index (κ2) is 6.23. The van der Waals surface area contributed by atoms with Gasteiger partial charge in [-0.25, -0.2) is 9.78 Å². The van der Waals surface area contributed by atoms with Gasteiger partial charge in [0, 0.05) is 18.3 Å². The molecule has 2 N–H and O–H groups in total. The van der Waals surface area contributed by atoms with Crippen LogP contribution in [0.25, 0.3) is 17.0 Å². The number of carbonyl (C=O) groups is 1. The lowest BCUT2D eigenvalue weighted by Gasteiger charge is -2.10. The van der Waals surface area contributed by atoms with Gasteiger partial charge in [0.1, 0.15) is 5.75 Å². The molecule has 3 rings (SSSR count). The SMILES string of the molecule is COc1c(C(=O)O)n(-c2nc3ccc(OC(F)F)cc3[nH]2)ccc1=O. The number of hydrogen-bond donors (Lipinski definition) is 2. The molecule has 0 atom stereocenters. The summed E-state index contributed by atoms with van der Waals surface area (Å²) in [6.45, 7) is -2.97. The van der Waals surface area contributed by atoms with Gasteiger partial charge >= 0.3 is 12.6 Å². The number of aromatic nitrogens is 3. The van der Waals surface area contributed by atoms with Crippen LogP contribution in [-0.2, 0) is 0 Å². The predicted octanol–water partition coefficient (Wildman–Crippen LogP) is 2.02. The van der Waals surface area contributed by atoms with Crippen LogP contribution in [-0.4, -0.2) is 39.3 Å². The van der Waals surface area contributed by atoms with Crippen molar-refractivity contribution in [3.05, 3.63) is 46.4 Å². The summed E-state index contributed by atoms with van der Waals surface area (Å²) < 4.78 is 34.9. The fourth-order valence-electron chi connectivity index (χ4n) is 2.36. The summed E-state index contributed by atoms with van der Waals surface area (Å²) in [5.41, 5.74) is -0.272. The maximum absolute atomic E-state index is 12.3. The quantitative estimate of drug-likeness (QED) is 0.728. The molecule has 10 heteroatoms. The summed E-state index contributed by atoms with van der Waals surface area (Å²) in [7, 11) is 1.18. The van der Waals surface area contributed by atoms with Gasteiger partial charge in [-0.15, -0.1) is 0 Å². The first kappa shape index (κ1) is 16.4. The zero-order valence-corrected chi connectivity index (χ0v) is 12.7. The number of benzene rings is 1. The lowest BCUT2D eigenvalue weighted by molar-refractivity contribution is -0.0497. The van der Waals surface area contributed by atoms with Crippen molar-refractivity contribution in [3.8, 4) is 17.4 Å². The van der Waals surface area contributed by atoms with E-state index in [1.807, 2.05) is 0 Å². The maximum Gasteiger partial charge on any atom is 0.387 e. The molecular formula is C15H11F2N3O5. The Kier molecular flexibility index (Phi) is 4.09. The maximum atomic E-state index is 12.3. The van der Waals surface area contributed by atoms with Crippen LogP contribution >= 0.6 is 0 Å². The number of aromatic carboxylic acids is 1. The number of aromatic amines is 1. The summed E-state index contributed by atoms with van der Waals surface area (Å²) in [6.07, 6.45) is 1.22. The zero-order valence-electron chi connectivity index (χ0n) is 12.7. The van der Waals surface area contributed by atoms with Crippen LogP contribution in [0.5, 0.6) is 11.5 Å². The van der Waals surface area contributed by atoms with E-state index in [2.05, 4.69) is 14.7 Å². The third-order valence-corrected chi connectivity index (χ3v) is 3.36. The van der Waals surface area contributed by atoms with Crippen LogP contribution in [0.4, 0.5) is 8.78 Å². The molecule has 0 aliphatic carbocycles. The van der Waals surface area contributed by atoms with E-state index in [9.17, 15) is 23.5 Å². The molecule has 1 aromatic carbocycles. The van der Waals surface area contributed by atoms with Crippen LogP contribution in [0.3, 0.4) is 0 Å². The van der Waals surface area contributed by atoms with E-state index in [1.54, 1.807) is 0 Å². The Hall–Kier alpha value is -3.43. The van der Waals surface area contributed by atoms with Gasteiger partial charge in [-0.2, -0.15) is 8.78 Å². The number of ether oxygens (including phenoxy) is 2. The highest BCUT2D eigenvalue weighted by Crippen LogP contribution is 2.23. The van der Waals surface area contributed by atoms with Gasteiger partial charge in [0.15, 0.2) is 11.4 Å². The van der Waals surface area contributed by atoms with Crippen molar-refractivity contribution < 1.29 is 28.2 Å². The number of nitrogens with zero attached hydrogens (tertiary/aromatic N) is 2. The van der Waals surface area contributed by atoms with E-state index in [4.69, 9.17) is 4.74 Å². The summed E-state index contributed by atoms with van der Waals surface area (Å²) in [5.74, 6) is -1.75. The first-order chi connectivity index (χ1) is 11.9.